The average molecular weight is 466 g/mol. The van der Waals surface area contributed by atoms with Crippen molar-refractivity contribution in [3.63, 3.8) is 0 Å². The molecule has 174 valence electrons. The number of carbonyl (C=O) groups is 1. The van der Waals surface area contributed by atoms with Crippen molar-refractivity contribution in [2.75, 3.05) is 32.0 Å². The summed E-state index contributed by atoms with van der Waals surface area (Å²) in [7, 11) is 1.64. The number of sulfonamides is 1. The number of likely N-dealkylation sites (N-methyl/N-ethyl adjacent to an activating group) is 1. The Morgan fingerprint density at radius 2 is 1.58 bits per heavy atom. The van der Waals surface area contributed by atoms with Gasteiger partial charge in [-0.2, -0.15) is 0 Å². The lowest BCUT2D eigenvalue weighted by Crippen LogP contribution is -2.34. The zero-order valence-electron chi connectivity index (χ0n) is 19.5. The second kappa shape index (κ2) is 10.6. The van der Waals surface area contributed by atoms with Crippen LogP contribution in [0.25, 0.3) is 0 Å². The van der Waals surface area contributed by atoms with Gasteiger partial charge in [-0.15, -0.1) is 0 Å². The van der Waals surface area contributed by atoms with Gasteiger partial charge in [0.1, 0.15) is 0 Å². The van der Waals surface area contributed by atoms with Crippen LogP contribution in [0.4, 0.5) is 5.69 Å². The third-order valence-corrected chi connectivity index (χ3v) is 7.51. The molecular formula is C26H31N3O3S. The second-order valence-corrected chi connectivity index (χ2v) is 10.1. The molecule has 7 heteroatoms. The number of rotatable bonds is 9. The van der Waals surface area contributed by atoms with Crippen molar-refractivity contribution in [1.82, 2.24) is 10.2 Å². The standard InChI is InChI=1S/C26H31N3O3S/c1-5-20-14-16-21(17-15-20)25(28(2)3)19-27-26(30)22-10-9-13-24(18-22)33(31,32)29(4)23-11-7-6-8-12-23/h6-18,25H,5,19H2,1-4H3,(H,27,30). The topological polar surface area (TPSA) is 69.7 Å². The first-order valence-electron chi connectivity index (χ1n) is 10.9. The van der Waals surface area contributed by atoms with Gasteiger partial charge in [-0.05, 0) is 62.0 Å². The van der Waals surface area contributed by atoms with Gasteiger partial charge in [-0.3, -0.25) is 9.10 Å². The average Bonchev–Trinajstić information content (AvgIpc) is 2.84. The molecule has 0 aromatic heterocycles. The van der Waals surface area contributed by atoms with E-state index >= 15 is 0 Å². The number of hydrogen-bond acceptors (Lipinski definition) is 4. The summed E-state index contributed by atoms with van der Waals surface area (Å²) >= 11 is 0. The second-order valence-electron chi connectivity index (χ2n) is 8.12. The number of amides is 1. The van der Waals surface area contributed by atoms with Crippen LogP contribution in [-0.2, 0) is 16.4 Å². The van der Waals surface area contributed by atoms with Gasteiger partial charge in [0.25, 0.3) is 15.9 Å². The summed E-state index contributed by atoms with van der Waals surface area (Å²) in [5, 5.41) is 2.96. The van der Waals surface area contributed by atoms with Crippen molar-refractivity contribution < 1.29 is 13.2 Å². The highest BCUT2D eigenvalue weighted by molar-refractivity contribution is 7.92. The Morgan fingerprint density at radius 3 is 2.18 bits per heavy atom. The molecule has 0 aliphatic carbocycles. The lowest BCUT2D eigenvalue weighted by molar-refractivity contribution is 0.0941. The summed E-state index contributed by atoms with van der Waals surface area (Å²) in [6.07, 6.45) is 0.975. The molecule has 0 fully saturated rings. The van der Waals surface area contributed by atoms with Crippen molar-refractivity contribution in [1.29, 1.82) is 0 Å². The Labute approximate surface area is 196 Å². The molecule has 1 atom stereocenters. The summed E-state index contributed by atoms with van der Waals surface area (Å²) in [6, 6.07) is 23.3. The molecule has 0 heterocycles. The smallest absolute Gasteiger partial charge is 0.264 e. The molecule has 0 saturated carbocycles. The van der Waals surface area contributed by atoms with Crippen LogP contribution in [0.3, 0.4) is 0 Å². The summed E-state index contributed by atoms with van der Waals surface area (Å²) in [4.78, 5) is 15.0. The third-order valence-electron chi connectivity index (χ3n) is 5.73. The van der Waals surface area contributed by atoms with E-state index < -0.39 is 10.0 Å². The lowest BCUT2D eigenvalue weighted by atomic mass is 10.0. The Kier molecular flexibility index (Phi) is 7.89. The molecule has 6 nitrogen and oxygen atoms in total. The van der Waals surface area contributed by atoms with Crippen LogP contribution < -0.4 is 9.62 Å². The Balaban J connectivity index is 1.75. The Bertz CT molecular complexity index is 1180. The largest absolute Gasteiger partial charge is 0.350 e. The van der Waals surface area contributed by atoms with E-state index in [9.17, 15) is 13.2 Å². The molecule has 3 aromatic rings. The van der Waals surface area contributed by atoms with Crippen LogP contribution in [-0.4, -0.2) is 46.9 Å². The molecular weight excluding hydrogens is 434 g/mol. The molecule has 0 radical (unpaired) electrons. The SMILES string of the molecule is CCc1ccc(C(CNC(=O)c2cccc(S(=O)(=O)N(C)c3ccccc3)c2)N(C)C)cc1. The summed E-state index contributed by atoms with van der Waals surface area (Å²) in [6.45, 7) is 2.52. The summed E-state index contributed by atoms with van der Waals surface area (Å²) in [5.74, 6) is -0.313. The number of benzene rings is 3. The molecule has 0 spiro atoms. The zero-order valence-corrected chi connectivity index (χ0v) is 20.3. The minimum absolute atomic E-state index is 0.00372. The van der Waals surface area contributed by atoms with Gasteiger partial charge >= 0.3 is 0 Å². The van der Waals surface area contributed by atoms with Gasteiger partial charge < -0.3 is 10.2 Å². The van der Waals surface area contributed by atoms with E-state index in [-0.39, 0.29) is 16.8 Å². The summed E-state index contributed by atoms with van der Waals surface area (Å²) < 4.78 is 27.4. The Hall–Kier alpha value is -3.16. The molecule has 0 saturated heterocycles. The minimum atomic E-state index is -3.80. The fourth-order valence-corrected chi connectivity index (χ4v) is 4.84. The van der Waals surface area contributed by atoms with Crippen LogP contribution >= 0.6 is 0 Å². The highest BCUT2D eigenvalue weighted by Gasteiger charge is 2.23. The van der Waals surface area contributed by atoms with E-state index in [0.717, 1.165) is 12.0 Å². The van der Waals surface area contributed by atoms with Crippen molar-refractivity contribution in [2.45, 2.75) is 24.3 Å². The first kappa shape index (κ1) is 24.5. The van der Waals surface area contributed by atoms with Gasteiger partial charge in [0.15, 0.2) is 0 Å². The predicted molar refractivity (Wildman–Crippen MR) is 133 cm³/mol. The van der Waals surface area contributed by atoms with Crippen molar-refractivity contribution in [2.24, 2.45) is 0 Å². The van der Waals surface area contributed by atoms with E-state index in [1.54, 1.807) is 36.4 Å². The quantitative estimate of drug-likeness (QED) is 0.516. The number of hydrogen-bond donors (Lipinski definition) is 1. The first-order chi connectivity index (χ1) is 15.7. The van der Waals surface area contributed by atoms with E-state index in [1.807, 2.05) is 20.2 Å². The maximum absolute atomic E-state index is 13.1. The van der Waals surface area contributed by atoms with Gasteiger partial charge in [0, 0.05) is 19.2 Å². The molecule has 33 heavy (non-hydrogen) atoms. The van der Waals surface area contributed by atoms with Crippen LogP contribution in [0.2, 0.25) is 0 Å². The number of nitrogens with one attached hydrogen (secondary N) is 1. The highest BCUT2D eigenvalue weighted by Crippen LogP contribution is 2.23. The van der Waals surface area contributed by atoms with Crippen molar-refractivity contribution in [3.8, 4) is 0 Å². The third kappa shape index (κ3) is 5.80. The fourth-order valence-electron chi connectivity index (χ4n) is 3.60. The maximum Gasteiger partial charge on any atom is 0.264 e. The highest BCUT2D eigenvalue weighted by atomic mass is 32.2. The molecule has 0 aliphatic rings. The van der Waals surface area contributed by atoms with Crippen molar-refractivity contribution in [3.05, 3.63) is 95.6 Å². The molecule has 1 unspecified atom stereocenters. The molecule has 3 aromatic carbocycles. The van der Waals surface area contributed by atoms with Gasteiger partial charge in [-0.25, -0.2) is 8.42 Å². The first-order valence-corrected chi connectivity index (χ1v) is 12.4. The molecule has 0 bridgehead atoms. The van der Waals surface area contributed by atoms with Crippen LogP contribution in [0.15, 0.2) is 83.8 Å². The van der Waals surface area contributed by atoms with E-state index in [1.165, 1.54) is 29.0 Å². The van der Waals surface area contributed by atoms with Crippen LogP contribution in [0.1, 0.15) is 34.5 Å². The number of nitrogens with zero attached hydrogens (tertiary/aromatic N) is 2. The van der Waals surface area contributed by atoms with Crippen molar-refractivity contribution >= 4 is 21.6 Å². The maximum atomic E-state index is 13.1. The minimum Gasteiger partial charge on any atom is -0.350 e. The lowest BCUT2D eigenvalue weighted by Gasteiger charge is -2.25. The van der Waals surface area contributed by atoms with E-state index in [2.05, 4.69) is 41.4 Å². The van der Waals surface area contributed by atoms with Gasteiger partial charge in [-0.1, -0.05) is 55.5 Å². The molecule has 1 amide bonds. The van der Waals surface area contributed by atoms with Gasteiger partial charge in [0.05, 0.1) is 16.6 Å². The van der Waals surface area contributed by atoms with Gasteiger partial charge in [0.2, 0.25) is 0 Å². The number of carbonyl (C=O) groups excluding carboxylic acids is 1. The van der Waals surface area contributed by atoms with E-state index in [0.29, 0.717) is 17.8 Å². The van der Waals surface area contributed by atoms with Crippen LogP contribution in [0.5, 0.6) is 0 Å². The monoisotopic (exact) mass is 465 g/mol. The van der Waals surface area contributed by atoms with E-state index in [4.69, 9.17) is 0 Å². The molecule has 0 aliphatic heterocycles. The molecule has 3 rings (SSSR count). The Morgan fingerprint density at radius 1 is 0.909 bits per heavy atom. The normalized spacial score (nSPS) is 12.4. The number of aryl methyl sites for hydroxylation is 1. The van der Waals surface area contributed by atoms with Crippen LogP contribution in [0, 0.1) is 0 Å². The molecule has 1 N–H and O–H groups in total. The fraction of sp³-hybridized carbons (Fsp3) is 0.269. The number of anilines is 1. The number of para-hydroxylation sites is 1. The predicted octanol–water partition coefficient (Wildman–Crippen LogP) is 4.11. The zero-order chi connectivity index (χ0) is 24.0. The summed E-state index contributed by atoms with van der Waals surface area (Å²) in [5.41, 5.74) is 3.23.